The maximum atomic E-state index is 12.6. The molecule has 0 aliphatic heterocycles. The first-order chi connectivity index (χ1) is 9.63. The Morgan fingerprint density at radius 3 is 2.40 bits per heavy atom. The van der Waals surface area contributed by atoms with Crippen molar-refractivity contribution in [3.63, 3.8) is 0 Å². The molecule has 0 heterocycles. The predicted octanol–water partition coefficient (Wildman–Crippen LogP) is 4.55. The highest BCUT2D eigenvalue weighted by Gasteiger charge is 2.12. The Bertz CT molecular complexity index is 611. The van der Waals surface area contributed by atoms with E-state index < -0.39 is 0 Å². The Morgan fingerprint density at radius 1 is 0.950 bits per heavy atom. The highest BCUT2D eigenvalue weighted by atomic mass is 16.1. The van der Waals surface area contributed by atoms with Gasteiger partial charge in [0.25, 0.3) is 0 Å². The Kier molecular flexibility index (Phi) is 4.73. The van der Waals surface area contributed by atoms with Gasteiger partial charge >= 0.3 is 0 Å². The number of carbonyl (C=O) groups is 1. The van der Waals surface area contributed by atoms with Crippen molar-refractivity contribution in [1.82, 2.24) is 0 Å². The van der Waals surface area contributed by atoms with Crippen LogP contribution in [0.2, 0.25) is 0 Å². The summed E-state index contributed by atoms with van der Waals surface area (Å²) >= 11 is 0. The van der Waals surface area contributed by atoms with Gasteiger partial charge in [-0.3, -0.25) is 4.79 Å². The number of carbonyl (C=O) groups excluding carboxylic acids is 1. The maximum absolute atomic E-state index is 12.6. The van der Waals surface area contributed by atoms with Crippen LogP contribution in [0.25, 0.3) is 0 Å². The minimum atomic E-state index is 0.225. The zero-order valence-electron chi connectivity index (χ0n) is 12.6. The molecule has 0 N–H and O–H groups in total. The summed E-state index contributed by atoms with van der Waals surface area (Å²) in [5.41, 5.74) is 5.58. The van der Waals surface area contributed by atoms with E-state index in [0.717, 1.165) is 29.5 Å². The van der Waals surface area contributed by atoms with Gasteiger partial charge in [0.05, 0.1) is 0 Å². The Balaban J connectivity index is 2.28. The summed E-state index contributed by atoms with van der Waals surface area (Å²) < 4.78 is 0. The SMILES string of the molecule is CCc1ccc(CC)c(C(=O)Cc2cccc(C)c2)c1. The van der Waals surface area contributed by atoms with Gasteiger partial charge in [-0.25, -0.2) is 0 Å². The normalized spacial score (nSPS) is 10.6. The van der Waals surface area contributed by atoms with Gasteiger partial charge in [-0.15, -0.1) is 0 Å². The summed E-state index contributed by atoms with van der Waals surface area (Å²) in [4.78, 5) is 12.6. The van der Waals surface area contributed by atoms with Crippen LogP contribution in [0.1, 0.15) is 46.5 Å². The lowest BCUT2D eigenvalue weighted by molar-refractivity contribution is 0.0992. The number of aryl methyl sites for hydroxylation is 3. The molecule has 1 nitrogen and oxygen atoms in total. The monoisotopic (exact) mass is 266 g/mol. The van der Waals surface area contributed by atoms with Crippen LogP contribution in [0.15, 0.2) is 42.5 Å². The molecule has 1 heteroatoms. The smallest absolute Gasteiger partial charge is 0.167 e. The maximum Gasteiger partial charge on any atom is 0.167 e. The molecule has 2 rings (SSSR count). The van der Waals surface area contributed by atoms with Crippen LogP contribution in [0.3, 0.4) is 0 Å². The largest absolute Gasteiger partial charge is 0.294 e. The average molecular weight is 266 g/mol. The summed E-state index contributed by atoms with van der Waals surface area (Å²) in [7, 11) is 0. The van der Waals surface area contributed by atoms with Crippen molar-refractivity contribution in [2.75, 3.05) is 0 Å². The molecule has 2 aromatic carbocycles. The third kappa shape index (κ3) is 3.36. The van der Waals surface area contributed by atoms with E-state index in [0.29, 0.717) is 6.42 Å². The van der Waals surface area contributed by atoms with Crippen LogP contribution < -0.4 is 0 Å². The Labute approximate surface area is 121 Å². The third-order valence-corrected chi connectivity index (χ3v) is 3.71. The summed E-state index contributed by atoms with van der Waals surface area (Å²) in [5, 5.41) is 0. The van der Waals surface area contributed by atoms with E-state index in [1.807, 2.05) is 12.1 Å². The fourth-order valence-corrected chi connectivity index (χ4v) is 2.51. The van der Waals surface area contributed by atoms with Crippen LogP contribution in [0.4, 0.5) is 0 Å². The third-order valence-electron chi connectivity index (χ3n) is 3.71. The van der Waals surface area contributed by atoms with Gasteiger partial charge in [0.15, 0.2) is 5.78 Å². The Hall–Kier alpha value is -1.89. The molecule has 0 fully saturated rings. The van der Waals surface area contributed by atoms with Crippen LogP contribution in [0, 0.1) is 6.92 Å². The minimum Gasteiger partial charge on any atom is -0.294 e. The number of rotatable bonds is 5. The highest BCUT2D eigenvalue weighted by Crippen LogP contribution is 2.17. The molecular formula is C19H22O. The summed E-state index contributed by atoms with van der Waals surface area (Å²) in [6, 6.07) is 14.5. The molecule has 0 unspecified atom stereocenters. The van der Waals surface area contributed by atoms with E-state index in [-0.39, 0.29) is 5.78 Å². The molecule has 0 saturated heterocycles. The first-order valence-corrected chi connectivity index (χ1v) is 7.34. The zero-order chi connectivity index (χ0) is 14.5. The van der Waals surface area contributed by atoms with Crippen molar-refractivity contribution in [3.8, 4) is 0 Å². The summed E-state index contributed by atoms with van der Waals surface area (Å²) in [6.45, 7) is 6.28. The second-order valence-electron chi connectivity index (χ2n) is 5.29. The zero-order valence-corrected chi connectivity index (χ0v) is 12.6. The standard InChI is InChI=1S/C19H22O/c1-4-15-9-10-17(5-2)18(12-15)19(20)13-16-8-6-7-14(3)11-16/h6-12H,4-5,13H2,1-3H3. The first-order valence-electron chi connectivity index (χ1n) is 7.34. The van der Waals surface area contributed by atoms with Gasteiger partial charge in [-0.05, 0) is 42.5 Å². The number of hydrogen-bond donors (Lipinski definition) is 0. The molecule has 0 aromatic heterocycles. The van der Waals surface area contributed by atoms with Crippen LogP contribution >= 0.6 is 0 Å². The fraction of sp³-hybridized carbons (Fsp3) is 0.316. The van der Waals surface area contributed by atoms with Gasteiger partial charge < -0.3 is 0 Å². The second kappa shape index (κ2) is 6.51. The Morgan fingerprint density at radius 2 is 1.75 bits per heavy atom. The highest BCUT2D eigenvalue weighted by molar-refractivity contribution is 5.99. The predicted molar refractivity (Wildman–Crippen MR) is 84.4 cm³/mol. The second-order valence-corrected chi connectivity index (χ2v) is 5.29. The molecule has 20 heavy (non-hydrogen) atoms. The van der Waals surface area contributed by atoms with E-state index in [1.165, 1.54) is 11.1 Å². The molecule has 0 bridgehead atoms. The van der Waals surface area contributed by atoms with Gasteiger partial charge in [0.2, 0.25) is 0 Å². The first kappa shape index (κ1) is 14.5. The van der Waals surface area contributed by atoms with E-state index in [1.54, 1.807) is 0 Å². The topological polar surface area (TPSA) is 17.1 Å². The van der Waals surface area contributed by atoms with E-state index in [4.69, 9.17) is 0 Å². The van der Waals surface area contributed by atoms with Gasteiger partial charge in [0, 0.05) is 12.0 Å². The molecule has 0 atom stereocenters. The molecule has 0 amide bonds. The lowest BCUT2D eigenvalue weighted by Gasteiger charge is -2.09. The summed E-state index contributed by atoms with van der Waals surface area (Å²) in [5.74, 6) is 0.225. The van der Waals surface area contributed by atoms with E-state index in [9.17, 15) is 4.79 Å². The average Bonchev–Trinajstić information content (AvgIpc) is 2.46. The molecule has 2 aromatic rings. The van der Waals surface area contributed by atoms with Crippen molar-refractivity contribution in [3.05, 3.63) is 70.3 Å². The number of benzene rings is 2. The van der Waals surface area contributed by atoms with Gasteiger partial charge in [-0.2, -0.15) is 0 Å². The van der Waals surface area contributed by atoms with Crippen molar-refractivity contribution < 1.29 is 4.79 Å². The number of ketones is 1. The minimum absolute atomic E-state index is 0.225. The number of hydrogen-bond acceptors (Lipinski definition) is 1. The number of Topliss-reactive ketones (excluding diaryl/α,β-unsaturated/α-hetero) is 1. The lowest BCUT2D eigenvalue weighted by Crippen LogP contribution is -2.08. The van der Waals surface area contributed by atoms with Crippen molar-refractivity contribution in [1.29, 1.82) is 0 Å². The van der Waals surface area contributed by atoms with Crippen molar-refractivity contribution in [2.24, 2.45) is 0 Å². The molecule has 0 spiro atoms. The molecule has 0 aliphatic rings. The van der Waals surface area contributed by atoms with Gasteiger partial charge in [-0.1, -0.05) is 55.8 Å². The molecule has 104 valence electrons. The molecule has 0 saturated carbocycles. The van der Waals surface area contributed by atoms with Crippen LogP contribution in [0.5, 0.6) is 0 Å². The lowest BCUT2D eigenvalue weighted by atomic mass is 9.94. The van der Waals surface area contributed by atoms with Gasteiger partial charge in [0.1, 0.15) is 0 Å². The van der Waals surface area contributed by atoms with Crippen molar-refractivity contribution >= 4 is 5.78 Å². The van der Waals surface area contributed by atoms with Crippen LogP contribution in [-0.4, -0.2) is 5.78 Å². The quantitative estimate of drug-likeness (QED) is 0.726. The van der Waals surface area contributed by atoms with Crippen LogP contribution in [-0.2, 0) is 19.3 Å². The summed E-state index contributed by atoms with van der Waals surface area (Å²) in [6.07, 6.45) is 2.36. The van der Waals surface area contributed by atoms with E-state index in [2.05, 4.69) is 51.1 Å². The van der Waals surface area contributed by atoms with E-state index >= 15 is 0 Å². The molecule has 0 radical (unpaired) electrons. The van der Waals surface area contributed by atoms with Crippen molar-refractivity contribution in [2.45, 2.75) is 40.0 Å². The fourth-order valence-electron chi connectivity index (χ4n) is 2.51. The molecular weight excluding hydrogens is 244 g/mol. The molecule has 0 aliphatic carbocycles.